The van der Waals surface area contributed by atoms with Crippen molar-refractivity contribution in [3.63, 3.8) is 0 Å². The van der Waals surface area contributed by atoms with Gasteiger partial charge in [0.15, 0.2) is 0 Å². The van der Waals surface area contributed by atoms with Crippen molar-refractivity contribution in [3.05, 3.63) is 30.5 Å². The average Bonchev–Trinajstić information content (AvgIpc) is 2.46. The molecule has 1 fully saturated rings. The maximum Gasteiger partial charge on any atom is 0.232 e. The fourth-order valence-corrected chi connectivity index (χ4v) is 2.63. The highest BCUT2D eigenvalue weighted by atomic mass is 16.5. The first-order valence-electron chi connectivity index (χ1n) is 6.89. The maximum absolute atomic E-state index is 6.35. The molecule has 2 N–H and O–H groups in total. The van der Waals surface area contributed by atoms with E-state index in [1.54, 1.807) is 6.20 Å². The second kappa shape index (κ2) is 5.13. The van der Waals surface area contributed by atoms with Gasteiger partial charge in [0, 0.05) is 0 Å². The van der Waals surface area contributed by atoms with Crippen LogP contribution in [0.2, 0.25) is 0 Å². The summed E-state index contributed by atoms with van der Waals surface area (Å²) in [5.74, 6) is 0.564. The summed E-state index contributed by atoms with van der Waals surface area (Å²) in [5, 5.41) is 0. The van der Waals surface area contributed by atoms with Crippen LogP contribution >= 0.6 is 0 Å². The first-order chi connectivity index (χ1) is 9.25. The lowest BCUT2D eigenvalue weighted by Gasteiger charge is -2.32. The first-order valence-corrected chi connectivity index (χ1v) is 6.89. The van der Waals surface area contributed by atoms with Crippen molar-refractivity contribution in [1.29, 1.82) is 0 Å². The third-order valence-electron chi connectivity index (χ3n) is 3.78. The molecule has 1 aromatic carbocycles. The molecule has 2 aromatic rings. The van der Waals surface area contributed by atoms with Gasteiger partial charge in [-0.05, 0) is 25.0 Å². The van der Waals surface area contributed by atoms with Gasteiger partial charge in [0.05, 0.1) is 22.8 Å². The number of benzene rings is 1. The molecule has 100 valence electrons. The van der Waals surface area contributed by atoms with Crippen LogP contribution in [0.25, 0.3) is 11.0 Å². The molecule has 19 heavy (non-hydrogen) atoms. The van der Waals surface area contributed by atoms with Gasteiger partial charge in [0.1, 0.15) is 6.61 Å². The lowest BCUT2D eigenvalue weighted by atomic mass is 9.83. The van der Waals surface area contributed by atoms with E-state index in [4.69, 9.17) is 10.5 Å². The van der Waals surface area contributed by atoms with Crippen molar-refractivity contribution in [1.82, 2.24) is 9.97 Å². The molecule has 1 saturated carbocycles. The summed E-state index contributed by atoms with van der Waals surface area (Å²) in [6, 6.07) is 7.78. The van der Waals surface area contributed by atoms with Crippen molar-refractivity contribution < 1.29 is 4.74 Å². The van der Waals surface area contributed by atoms with Crippen LogP contribution in [0, 0.1) is 0 Å². The van der Waals surface area contributed by atoms with Gasteiger partial charge in [-0.1, -0.05) is 31.4 Å². The summed E-state index contributed by atoms with van der Waals surface area (Å²) in [4.78, 5) is 8.79. The van der Waals surface area contributed by atoms with E-state index in [1.165, 1.54) is 19.3 Å². The van der Waals surface area contributed by atoms with Gasteiger partial charge in [-0.3, -0.25) is 0 Å². The van der Waals surface area contributed by atoms with Gasteiger partial charge in [-0.15, -0.1) is 0 Å². The quantitative estimate of drug-likeness (QED) is 0.918. The number of hydrogen-bond donors (Lipinski definition) is 1. The number of para-hydroxylation sites is 2. The van der Waals surface area contributed by atoms with Crippen molar-refractivity contribution in [3.8, 4) is 5.88 Å². The van der Waals surface area contributed by atoms with Crippen LogP contribution in [-0.4, -0.2) is 22.1 Å². The SMILES string of the molecule is NC1(COc2cnc3ccccc3n2)CCCCC1. The largest absolute Gasteiger partial charge is 0.475 e. The highest BCUT2D eigenvalue weighted by molar-refractivity contribution is 5.73. The Hall–Kier alpha value is -1.68. The van der Waals surface area contributed by atoms with Gasteiger partial charge in [-0.25, -0.2) is 9.97 Å². The Morgan fingerprint density at radius 1 is 1.11 bits per heavy atom. The Morgan fingerprint density at radius 3 is 2.63 bits per heavy atom. The fraction of sp³-hybridized carbons (Fsp3) is 0.467. The molecule has 0 aliphatic heterocycles. The van der Waals surface area contributed by atoms with E-state index >= 15 is 0 Å². The highest BCUT2D eigenvalue weighted by Gasteiger charge is 2.28. The zero-order chi connectivity index (χ0) is 13.1. The Bertz CT molecular complexity index is 564. The molecule has 3 rings (SSSR count). The van der Waals surface area contributed by atoms with Crippen LogP contribution < -0.4 is 10.5 Å². The Labute approximate surface area is 113 Å². The van der Waals surface area contributed by atoms with Crippen LogP contribution in [0.5, 0.6) is 5.88 Å². The summed E-state index contributed by atoms with van der Waals surface area (Å²) in [7, 11) is 0. The molecular formula is C15H19N3O. The Morgan fingerprint density at radius 2 is 1.84 bits per heavy atom. The molecule has 0 bridgehead atoms. The molecule has 0 saturated heterocycles. The summed E-state index contributed by atoms with van der Waals surface area (Å²) in [5.41, 5.74) is 7.90. The summed E-state index contributed by atoms with van der Waals surface area (Å²) in [6.07, 6.45) is 7.43. The van der Waals surface area contributed by atoms with E-state index in [-0.39, 0.29) is 5.54 Å². The zero-order valence-corrected chi connectivity index (χ0v) is 11.0. The molecule has 4 heteroatoms. The number of nitrogens with zero attached hydrogens (tertiary/aromatic N) is 2. The van der Waals surface area contributed by atoms with E-state index in [0.717, 1.165) is 23.9 Å². The first kappa shape index (κ1) is 12.4. The zero-order valence-electron chi connectivity index (χ0n) is 11.0. The monoisotopic (exact) mass is 257 g/mol. The van der Waals surface area contributed by atoms with E-state index in [1.807, 2.05) is 24.3 Å². The van der Waals surface area contributed by atoms with E-state index in [0.29, 0.717) is 12.5 Å². The van der Waals surface area contributed by atoms with Crippen molar-refractivity contribution in [2.45, 2.75) is 37.6 Å². The Balaban J connectivity index is 1.71. The number of rotatable bonds is 3. The second-order valence-electron chi connectivity index (χ2n) is 5.41. The van der Waals surface area contributed by atoms with Crippen LogP contribution in [0.1, 0.15) is 32.1 Å². The van der Waals surface area contributed by atoms with E-state index in [9.17, 15) is 0 Å². The molecular weight excluding hydrogens is 238 g/mol. The second-order valence-corrected chi connectivity index (χ2v) is 5.41. The van der Waals surface area contributed by atoms with E-state index < -0.39 is 0 Å². The molecule has 0 atom stereocenters. The molecule has 0 radical (unpaired) electrons. The predicted molar refractivity (Wildman–Crippen MR) is 75.0 cm³/mol. The van der Waals surface area contributed by atoms with Gasteiger partial charge in [-0.2, -0.15) is 0 Å². The van der Waals surface area contributed by atoms with Crippen LogP contribution in [0.15, 0.2) is 30.5 Å². The highest BCUT2D eigenvalue weighted by Crippen LogP contribution is 2.26. The summed E-state index contributed by atoms with van der Waals surface area (Å²) >= 11 is 0. The normalized spacial score (nSPS) is 18.4. The molecule has 4 nitrogen and oxygen atoms in total. The third kappa shape index (κ3) is 2.84. The van der Waals surface area contributed by atoms with Gasteiger partial charge in [0.2, 0.25) is 5.88 Å². The van der Waals surface area contributed by atoms with Gasteiger partial charge in [0.25, 0.3) is 0 Å². The van der Waals surface area contributed by atoms with E-state index in [2.05, 4.69) is 9.97 Å². The molecule has 0 spiro atoms. The average molecular weight is 257 g/mol. The van der Waals surface area contributed by atoms with Crippen LogP contribution in [0.3, 0.4) is 0 Å². The minimum Gasteiger partial charge on any atom is -0.475 e. The number of fused-ring (bicyclic) bond motifs is 1. The molecule has 1 heterocycles. The molecule has 1 aliphatic rings. The number of aromatic nitrogens is 2. The predicted octanol–water partition coefficient (Wildman–Crippen LogP) is 2.67. The van der Waals surface area contributed by atoms with Crippen molar-refractivity contribution in [2.75, 3.05) is 6.61 Å². The van der Waals surface area contributed by atoms with Crippen molar-refractivity contribution in [2.24, 2.45) is 5.73 Å². The molecule has 0 unspecified atom stereocenters. The Kier molecular flexibility index (Phi) is 3.34. The lowest BCUT2D eigenvalue weighted by molar-refractivity contribution is 0.169. The number of hydrogen-bond acceptors (Lipinski definition) is 4. The minimum atomic E-state index is -0.189. The number of nitrogens with two attached hydrogens (primary N) is 1. The topological polar surface area (TPSA) is 61.0 Å². The molecule has 0 amide bonds. The van der Waals surface area contributed by atoms with Gasteiger partial charge < -0.3 is 10.5 Å². The van der Waals surface area contributed by atoms with Gasteiger partial charge >= 0.3 is 0 Å². The summed E-state index contributed by atoms with van der Waals surface area (Å²) < 4.78 is 5.76. The fourth-order valence-electron chi connectivity index (χ4n) is 2.63. The lowest BCUT2D eigenvalue weighted by Crippen LogP contribution is -2.47. The maximum atomic E-state index is 6.35. The third-order valence-corrected chi connectivity index (χ3v) is 3.78. The van der Waals surface area contributed by atoms with Crippen molar-refractivity contribution >= 4 is 11.0 Å². The van der Waals surface area contributed by atoms with Crippen LogP contribution in [-0.2, 0) is 0 Å². The number of ether oxygens (including phenoxy) is 1. The smallest absolute Gasteiger partial charge is 0.232 e. The summed E-state index contributed by atoms with van der Waals surface area (Å²) in [6.45, 7) is 0.528. The standard InChI is InChI=1S/C15H19N3O/c16-15(8-4-1-5-9-15)11-19-14-10-17-12-6-2-3-7-13(12)18-14/h2-3,6-7,10H,1,4-5,8-9,11,16H2. The van der Waals surface area contributed by atoms with Crippen LogP contribution in [0.4, 0.5) is 0 Å². The molecule has 1 aromatic heterocycles. The minimum absolute atomic E-state index is 0.189. The molecule has 1 aliphatic carbocycles.